The molecule has 0 spiro atoms. The fourth-order valence-electron chi connectivity index (χ4n) is 2.59. The molecule has 0 atom stereocenters. The summed E-state index contributed by atoms with van der Waals surface area (Å²) in [7, 11) is 0. The molecule has 9 heteroatoms. The molecule has 29 heavy (non-hydrogen) atoms. The molecule has 148 valence electrons. The van der Waals surface area contributed by atoms with Gasteiger partial charge in [0.1, 0.15) is 18.0 Å². The Morgan fingerprint density at radius 1 is 1.10 bits per heavy atom. The zero-order chi connectivity index (χ0) is 21.0. The summed E-state index contributed by atoms with van der Waals surface area (Å²) in [4.78, 5) is 36.4. The number of halogens is 2. The molecule has 2 amide bonds. The van der Waals surface area contributed by atoms with Crippen LogP contribution >= 0.6 is 11.6 Å². The van der Waals surface area contributed by atoms with Crippen LogP contribution in [0.2, 0.25) is 5.02 Å². The average Bonchev–Trinajstić information content (AvgIpc) is 2.65. The Balaban J connectivity index is 1.94. The van der Waals surface area contributed by atoms with Crippen molar-refractivity contribution in [2.45, 2.75) is 13.5 Å². The lowest BCUT2D eigenvalue weighted by Gasteiger charge is -2.11. The second-order valence-corrected chi connectivity index (χ2v) is 6.59. The van der Waals surface area contributed by atoms with Crippen molar-refractivity contribution >= 4 is 34.8 Å². The Hall–Kier alpha value is -3.52. The number of anilines is 2. The van der Waals surface area contributed by atoms with Gasteiger partial charge >= 0.3 is 0 Å². The van der Waals surface area contributed by atoms with Gasteiger partial charge in [-0.15, -0.1) is 0 Å². The molecule has 1 aromatic heterocycles. The largest absolute Gasteiger partial charge is 0.324 e. The van der Waals surface area contributed by atoms with Crippen molar-refractivity contribution < 1.29 is 14.0 Å². The lowest BCUT2D eigenvalue weighted by atomic mass is 10.1. The summed E-state index contributed by atoms with van der Waals surface area (Å²) < 4.78 is 14.2. The Kier molecular flexibility index (Phi) is 6.04. The number of nitrogens with zero attached hydrogens (tertiary/aromatic N) is 2. The minimum Gasteiger partial charge on any atom is -0.324 e. The monoisotopic (exact) mass is 414 g/mol. The van der Waals surface area contributed by atoms with E-state index in [1.54, 1.807) is 24.3 Å². The van der Waals surface area contributed by atoms with Gasteiger partial charge in [-0.25, -0.2) is 9.07 Å². The predicted molar refractivity (Wildman–Crippen MR) is 108 cm³/mol. The summed E-state index contributed by atoms with van der Waals surface area (Å²) in [6.45, 7) is 0.839. The molecule has 0 unspecified atom stereocenters. The topological polar surface area (TPSA) is 93.1 Å². The van der Waals surface area contributed by atoms with Crippen LogP contribution in [0, 0.1) is 5.82 Å². The molecule has 0 saturated heterocycles. The van der Waals surface area contributed by atoms with Gasteiger partial charge in [0.15, 0.2) is 0 Å². The number of aromatic nitrogens is 2. The minimum absolute atomic E-state index is 0.0176. The van der Waals surface area contributed by atoms with Crippen molar-refractivity contribution in [2.24, 2.45) is 0 Å². The summed E-state index contributed by atoms with van der Waals surface area (Å²) >= 11 is 5.90. The van der Waals surface area contributed by atoms with E-state index in [0.29, 0.717) is 16.3 Å². The predicted octanol–water partition coefficient (Wildman–Crippen LogP) is 3.30. The number of rotatable bonds is 5. The molecule has 0 aliphatic heterocycles. The van der Waals surface area contributed by atoms with E-state index in [1.807, 2.05) is 0 Å². The second kappa shape index (κ2) is 8.66. The molecule has 0 aliphatic carbocycles. The normalized spacial score (nSPS) is 10.4. The number of benzene rings is 2. The highest BCUT2D eigenvalue weighted by Crippen LogP contribution is 2.20. The van der Waals surface area contributed by atoms with Gasteiger partial charge in [-0.2, -0.15) is 5.10 Å². The van der Waals surface area contributed by atoms with Crippen LogP contribution in [0.15, 0.2) is 59.4 Å². The van der Waals surface area contributed by atoms with Crippen LogP contribution in [0.1, 0.15) is 6.92 Å². The number of hydrogen-bond acceptors (Lipinski definition) is 4. The third-order valence-electron chi connectivity index (χ3n) is 3.83. The first-order valence-corrected chi connectivity index (χ1v) is 8.91. The maximum atomic E-state index is 13.3. The van der Waals surface area contributed by atoms with Crippen LogP contribution in [0.5, 0.6) is 0 Å². The number of nitrogens with one attached hydrogen (secondary N) is 2. The molecule has 7 nitrogen and oxygen atoms in total. The standard InChI is InChI=1S/C20H16ClFN4O3/c1-12(27)23-18-10-17(13-5-7-14(21)8-6-13)25-26(20(18)29)11-19(28)24-16-4-2-3-15(22)9-16/h2-10H,11H2,1H3,(H,23,27)(H,24,28). The molecular formula is C20H16ClFN4O3. The van der Waals surface area contributed by atoms with Crippen LogP contribution in [0.3, 0.4) is 0 Å². The van der Waals surface area contributed by atoms with Crippen LogP contribution in [0.4, 0.5) is 15.8 Å². The zero-order valence-electron chi connectivity index (χ0n) is 15.3. The molecule has 0 bridgehead atoms. The molecule has 0 saturated carbocycles. The Labute approximate surface area is 170 Å². The van der Waals surface area contributed by atoms with Gasteiger partial charge in [0.25, 0.3) is 5.56 Å². The molecule has 0 radical (unpaired) electrons. The van der Waals surface area contributed by atoms with Crippen LogP contribution < -0.4 is 16.2 Å². The van der Waals surface area contributed by atoms with Gasteiger partial charge in [-0.3, -0.25) is 14.4 Å². The highest BCUT2D eigenvalue weighted by Gasteiger charge is 2.14. The van der Waals surface area contributed by atoms with E-state index < -0.39 is 29.7 Å². The Morgan fingerprint density at radius 2 is 1.83 bits per heavy atom. The van der Waals surface area contributed by atoms with Crippen molar-refractivity contribution in [3.8, 4) is 11.3 Å². The first kappa shape index (κ1) is 20.2. The van der Waals surface area contributed by atoms with Gasteiger partial charge < -0.3 is 10.6 Å². The number of carbonyl (C=O) groups excluding carboxylic acids is 2. The van der Waals surface area contributed by atoms with Crippen molar-refractivity contribution in [3.05, 3.63) is 75.8 Å². The summed E-state index contributed by atoms with van der Waals surface area (Å²) in [6.07, 6.45) is 0. The van der Waals surface area contributed by atoms with Crippen molar-refractivity contribution in [2.75, 3.05) is 10.6 Å². The van der Waals surface area contributed by atoms with E-state index in [1.165, 1.54) is 31.2 Å². The highest BCUT2D eigenvalue weighted by atomic mass is 35.5. The Bertz CT molecular complexity index is 1130. The van der Waals surface area contributed by atoms with Gasteiger partial charge in [0.2, 0.25) is 11.8 Å². The summed E-state index contributed by atoms with van der Waals surface area (Å²) in [6, 6.07) is 13.5. The van der Waals surface area contributed by atoms with Crippen molar-refractivity contribution in [1.29, 1.82) is 0 Å². The van der Waals surface area contributed by atoms with Crippen LogP contribution in [0.25, 0.3) is 11.3 Å². The van der Waals surface area contributed by atoms with E-state index in [4.69, 9.17) is 11.6 Å². The molecule has 2 N–H and O–H groups in total. The van der Waals surface area contributed by atoms with E-state index in [-0.39, 0.29) is 11.4 Å². The molecule has 2 aromatic carbocycles. The van der Waals surface area contributed by atoms with E-state index in [2.05, 4.69) is 15.7 Å². The van der Waals surface area contributed by atoms with Crippen LogP contribution in [-0.4, -0.2) is 21.6 Å². The van der Waals surface area contributed by atoms with Crippen molar-refractivity contribution in [1.82, 2.24) is 9.78 Å². The first-order valence-electron chi connectivity index (χ1n) is 8.53. The van der Waals surface area contributed by atoms with Crippen molar-refractivity contribution in [3.63, 3.8) is 0 Å². The average molecular weight is 415 g/mol. The molecule has 0 fully saturated rings. The molecule has 1 heterocycles. The molecular weight excluding hydrogens is 399 g/mol. The fourth-order valence-corrected chi connectivity index (χ4v) is 2.72. The Morgan fingerprint density at radius 3 is 2.48 bits per heavy atom. The number of hydrogen-bond donors (Lipinski definition) is 2. The quantitative estimate of drug-likeness (QED) is 0.670. The minimum atomic E-state index is -0.646. The zero-order valence-corrected chi connectivity index (χ0v) is 16.0. The SMILES string of the molecule is CC(=O)Nc1cc(-c2ccc(Cl)cc2)nn(CC(=O)Nc2cccc(F)c2)c1=O. The number of carbonyl (C=O) groups is 2. The highest BCUT2D eigenvalue weighted by molar-refractivity contribution is 6.30. The summed E-state index contributed by atoms with van der Waals surface area (Å²) in [5.74, 6) is -1.52. The third kappa shape index (κ3) is 5.26. The smallest absolute Gasteiger partial charge is 0.291 e. The number of amides is 2. The van der Waals surface area contributed by atoms with Gasteiger partial charge in [0.05, 0.1) is 5.69 Å². The van der Waals surface area contributed by atoms with E-state index in [0.717, 1.165) is 10.7 Å². The fraction of sp³-hybridized carbons (Fsp3) is 0.100. The maximum Gasteiger partial charge on any atom is 0.291 e. The molecule has 3 rings (SSSR count). The summed E-state index contributed by atoms with van der Waals surface area (Å²) in [5.41, 5.74) is 0.589. The van der Waals surface area contributed by atoms with Crippen LogP contribution in [-0.2, 0) is 16.1 Å². The van der Waals surface area contributed by atoms with E-state index in [9.17, 15) is 18.8 Å². The van der Waals surface area contributed by atoms with Gasteiger partial charge in [0, 0.05) is 23.2 Å². The lowest BCUT2D eigenvalue weighted by Crippen LogP contribution is -2.32. The second-order valence-electron chi connectivity index (χ2n) is 6.15. The van der Waals surface area contributed by atoms with E-state index >= 15 is 0 Å². The third-order valence-corrected chi connectivity index (χ3v) is 4.08. The van der Waals surface area contributed by atoms with Gasteiger partial charge in [-0.05, 0) is 36.4 Å². The molecule has 3 aromatic rings. The first-order chi connectivity index (χ1) is 13.8. The maximum absolute atomic E-state index is 13.3. The lowest BCUT2D eigenvalue weighted by molar-refractivity contribution is -0.117. The molecule has 0 aliphatic rings. The summed E-state index contributed by atoms with van der Waals surface area (Å²) in [5, 5.41) is 9.69. The van der Waals surface area contributed by atoms with Gasteiger partial charge in [-0.1, -0.05) is 29.8 Å².